The zero-order chi connectivity index (χ0) is 18.7. The molecule has 2 N–H and O–H groups in total. The van der Waals surface area contributed by atoms with E-state index in [2.05, 4.69) is 41.3 Å². The Labute approximate surface area is 157 Å². The summed E-state index contributed by atoms with van der Waals surface area (Å²) in [7, 11) is 0. The van der Waals surface area contributed by atoms with Gasteiger partial charge in [-0.05, 0) is 49.1 Å². The van der Waals surface area contributed by atoms with E-state index >= 15 is 0 Å². The van der Waals surface area contributed by atoms with Crippen LogP contribution in [0.2, 0.25) is 0 Å². The summed E-state index contributed by atoms with van der Waals surface area (Å²) in [5, 5.41) is 5.30. The molecule has 0 radical (unpaired) electrons. The number of rotatable bonds is 6. The Balaban J connectivity index is 1.68. The van der Waals surface area contributed by atoms with Crippen molar-refractivity contribution in [3.05, 3.63) is 53.0 Å². The Morgan fingerprint density at radius 1 is 1.27 bits per heavy atom. The van der Waals surface area contributed by atoms with E-state index < -0.39 is 6.10 Å². The lowest BCUT2D eigenvalue weighted by molar-refractivity contribution is -0.122. The summed E-state index contributed by atoms with van der Waals surface area (Å²) in [5.41, 5.74) is 3.93. The summed E-state index contributed by atoms with van der Waals surface area (Å²) < 4.78 is 5.96. The molecule has 26 heavy (non-hydrogen) atoms. The van der Waals surface area contributed by atoms with E-state index in [4.69, 9.17) is 4.74 Å². The van der Waals surface area contributed by atoms with Crippen LogP contribution in [0.3, 0.4) is 0 Å². The highest BCUT2D eigenvalue weighted by Crippen LogP contribution is 2.29. The van der Waals surface area contributed by atoms with Crippen LogP contribution in [-0.2, 0) is 4.79 Å². The number of hydrogen-bond acceptors (Lipinski definition) is 4. The number of anilines is 1. The highest BCUT2D eigenvalue weighted by Gasteiger charge is 2.19. The van der Waals surface area contributed by atoms with Gasteiger partial charge in [0.05, 0.1) is 11.4 Å². The van der Waals surface area contributed by atoms with Gasteiger partial charge in [0.1, 0.15) is 5.75 Å². The first kappa shape index (κ1) is 18.2. The van der Waals surface area contributed by atoms with Gasteiger partial charge in [0, 0.05) is 11.6 Å². The normalized spacial score (nSPS) is 12.2. The number of nitrogens with zero attached hydrogens (tertiary/aromatic N) is 1. The maximum atomic E-state index is 12.5. The molecule has 0 fully saturated rings. The zero-order valence-corrected chi connectivity index (χ0v) is 16.2. The number of nitrogens with one attached hydrogen (secondary N) is 2. The van der Waals surface area contributed by atoms with E-state index in [0.717, 1.165) is 28.3 Å². The van der Waals surface area contributed by atoms with Crippen molar-refractivity contribution < 1.29 is 9.53 Å². The number of H-pyrrole nitrogens is 1. The Hall–Kier alpha value is -2.60. The number of carbonyl (C=O) groups excluding carboxylic acids is 1. The monoisotopic (exact) mass is 369 g/mol. The molecular weight excluding hydrogens is 346 g/mol. The molecule has 1 atom stereocenters. The molecule has 0 aliphatic rings. The quantitative estimate of drug-likeness (QED) is 0.644. The van der Waals surface area contributed by atoms with E-state index in [1.165, 1.54) is 11.3 Å². The number of hydrogen-bond donors (Lipinski definition) is 2. The minimum absolute atomic E-state index is 0.214. The van der Waals surface area contributed by atoms with Crippen molar-refractivity contribution in [1.29, 1.82) is 0 Å². The highest BCUT2D eigenvalue weighted by atomic mass is 32.1. The first-order valence-electron chi connectivity index (χ1n) is 8.61. The van der Waals surface area contributed by atoms with Gasteiger partial charge in [-0.1, -0.05) is 26.0 Å². The second kappa shape index (κ2) is 7.74. The van der Waals surface area contributed by atoms with Gasteiger partial charge in [-0.3, -0.25) is 10.1 Å². The van der Waals surface area contributed by atoms with Crippen LogP contribution in [-0.4, -0.2) is 22.0 Å². The molecule has 2 aromatic heterocycles. The van der Waals surface area contributed by atoms with Gasteiger partial charge in [-0.15, -0.1) is 11.3 Å². The minimum atomic E-state index is -0.618. The lowest BCUT2D eigenvalue weighted by atomic mass is 10.0. The second-order valence-electron chi connectivity index (χ2n) is 6.57. The van der Waals surface area contributed by atoms with Crippen molar-refractivity contribution in [3.8, 4) is 17.1 Å². The van der Waals surface area contributed by atoms with Crippen molar-refractivity contribution in [3.63, 3.8) is 0 Å². The molecular formula is C20H23N3O2S. The summed E-state index contributed by atoms with van der Waals surface area (Å²) in [6.07, 6.45) is 1.23. The summed E-state index contributed by atoms with van der Waals surface area (Å²) in [6, 6.07) is 9.95. The standard InChI is InChI=1S/C20H23N3O2S/c1-12(2)15-8-7-13(3)10-18(15)25-14(4)19(24)23-20-22-17(11-26-20)16-6-5-9-21-16/h5-12,14,21H,1-4H3,(H,22,23,24). The van der Waals surface area contributed by atoms with Gasteiger partial charge >= 0.3 is 0 Å². The van der Waals surface area contributed by atoms with Crippen LogP contribution >= 0.6 is 11.3 Å². The number of carbonyl (C=O) groups is 1. The number of amides is 1. The number of ether oxygens (including phenoxy) is 1. The van der Waals surface area contributed by atoms with Gasteiger partial charge in [-0.2, -0.15) is 0 Å². The first-order chi connectivity index (χ1) is 12.4. The van der Waals surface area contributed by atoms with Crippen LogP contribution in [0.15, 0.2) is 41.9 Å². The fourth-order valence-electron chi connectivity index (χ4n) is 2.62. The molecule has 3 aromatic rings. The van der Waals surface area contributed by atoms with Gasteiger partial charge < -0.3 is 9.72 Å². The summed E-state index contributed by atoms with van der Waals surface area (Å²) >= 11 is 1.39. The molecule has 0 aliphatic carbocycles. The maximum Gasteiger partial charge on any atom is 0.266 e. The van der Waals surface area contributed by atoms with Crippen LogP contribution in [0, 0.1) is 6.92 Å². The molecule has 0 saturated heterocycles. The Kier molecular flexibility index (Phi) is 5.42. The van der Waals surface area contributed by atoms with Crippen LogP contribution < -0.4 is 10.1 Å². The number of benzene rings is 1. The zero-order valence-electron chi connectivity index (χ0n) is 15.4. The van der Waals surface area contributed by atoms with Crippen molar-refractivity contribution >= 4 is 22.4 Å². The third-order valence-electron chi connectivity index (χ3n) is 4.07. The number of aromatic amines is 1. The number of aryl methyl sites for hydroxylation is 1. The molecule has 0 aliphatic heterocycles. The first-order valence-corrected chi connectivity index (χ1v) is 9.49. The van der Waals surface area contributed by atoms with Gasteiger partial charge in [0.15, 0.2) is 11.2 Å². The molecule has 0 saturated carbocycles. The van der Waals surface area contributed by atoms with E-state index in [1.54, 1.807) is 6.92 Å². The second-order valence-corrected chi connectivity index (χ2v) is 7.43. The molecule has 1 aromatic carbocycles. The van der Waals surface area contributed by atoms with Crippen LogP contribution in [0.25, 0.3) is 11.4 Å². The summed E-state index contributed by atoms with van der Waals surface area (Å²) in [4.78, 5) is 20.0. The van der Waals surface area contributed by atoms with Crippen LogP contribution in [0.5, 0.6) is 5.75 Å². The lowest BCUT2D eigenvalue weighted by Crippen LogP contribution is -2.30. The molecule has 136 valence electrons. The predicted molar refractivity (Wildman–Crippen MR) is 106 cm³/mol. The summed E-state index contributed by atoms with van der Waals surface area (Å²) in [6.45, 7) is 7.99. The summed E-state index contributed by atoms with van der Waals surface area (Å²) in [5.74, 6) is 0.866. The van der Waals surface area contributed by atoms with Crippen molar-refractivity contribution in [2.45, 2.75) is 39.7 Å². The topological polar surface area (TPSA) is 67.0 Å². The molecule has 3 rings (SSSR count). The van der Waals surface area contributed by atoms with Crippen molar-refractivity contribution in [2.24, 2.45) is 0 Å². The largest absolute Gasteiger partial charge is 0.481 e. The molecule has 2 heterocycles. The SMILES string of the molecule is Cc1ccc(C(C)C)c(OC(C)C(=O)Nc2nc(-c3ccc[nH]3)cs2)c1. The predicted octanol–water partition coefficient (Wildman–Crippen LogP) is 4.98. The van der Waals surface area contributed by atoms with Gasteiger partial charge in [0.25, 0.3) is 5.91 Å². The Morgan fingerprint density at radius 3 is 2.77 bits per heavy atom. The van der Waals surface area contributed by atoms with E-state index in [0.29, 0.717) is 11.0 Å². The fourth-order valence-corrected chi connectivity index (χ4v) is 3.33. The molecule has 0 spiro atoms. The number of aromatic nitrogens is 2. The third kappa shape index (κ3) is 4.14. The molecule has 6 heteroatoms. The van der Waals surface area contributed by atoms with Crippen molar-refractivity contribution in [1.82, 2.24) is 9.97 Å². The van der Waals surface area contributed by atoms with E-state index in [1.807, 2.05) is 36.7 Å². The molecule has 0 bridgehead atoms. The molecule has 1 amide bonds. The molecule has 5 nitrogen and oxygen atoms in total. The fraction of sp³-hybridized carbons (Fsp3) is 0.300. The van der Waals surface area contributed by atoms with Crippen LogP contribution in [0.4, 0.5) is 5.13 Å². The average Bonchev–Trinajstić information content (AvgIpc) is 3.25. The maximum absolute atomic E-state index is 12.5. The van der Waals surface area contributed by atoms with Crippen molar-refractivity contribution in [2.75, 3.05) is 5.32 Å². The minimum Gasteiger partial charge on any atom is -0.481 e. The van der Waals surface area contributed by atoms with Gasteiger partial charge in [-0.25, -0.2) is 4.98 Å². The Morgan fingerprint density at radius 2 is 2.08 bits per heavy atom. The smallest absolute Gasteiger partial charge is 0.266 e. The lowest BCUT2D eigenvalue weighted by Gasteiger charge is -2.19. The van der Waals surface area contributed by atoms with Crippen LogP contribution in [0.1, 0.15) is 37.8 Å². The highest BCUT2D eigenvalue weighted by molar-refractivity contribution is 7.14. The van der Waals surface area contributed by atoms with E-state index in [9.17, 15) is 4.79 Å². The van der Waals surface area contributed by atoms with Gasteiger partial charge in [0.2, 0.25) is 0 Å². The average molecular weight is 369 g/mol. The number of thiazole rings is 1. The van der Waals surface area contributed by atoms with E-state index in [-0.39, 0.29) is 5.91 Å². The molecule has 1 unspecified atom stereocenters. The Bertz CT molecular complexity index is 884. The third-order valence-corrected chi connectivity index (χ3v) is 4.83.